The highest BCUT2D eigenvalue weighted by Gasteiger charge is 2.36. The van der Waals surface area contributed by atoms with Gasteiger partial charge < -0.3 is 9.88 Å². The summed E-state index contributed by atoms with van der Waals surface area (Å²) in [7, 11) is 0. The number of carbonyl (C=O) groups excluding carboxylic acids is 3. The molecule has 4 aromatic rings. The summed E-state index contributed by atoms with van der Waals surface area (Å²) < 4.78 is 2.90. The number of imide groups is 1. The van der Waals surface area contributed by atoms with E-state index >= 15 is 0 Å². The largest absolute Gasteiger partial charge is 0.325 e. The molecule has 10 heteroatoms. The van der Waals surface area contributed by atoms with Gasteiger partial charge in [0.15, 0.2) is 11.0 Å². The van der Waals surface area contributed by atoms with Crippen molar-refractivity contribution < 1.29 is 14.4 Å². The molecule has 0 saturated carbocycles. The summed E-state index contributed by atoms with van der Waals surface area (Å²) in [6, 6.07) is 21.4. The summed E-state index contributed by atoms with van der Waals surface area (Å²) in [6.45, 7) is 4.56. The van der Waals surface area contributed by atoms with E-state index in [9.17, 15) is 14.4 Å². The number of fused-ring (bicyclic) bond motifs is 1. The Morgan fingerprint density at radius 3 is 2.13 bits per heavy atom. The molecule has 5 rings (SSSR count). The molecule has 1 N–H and O–H groups in total. The van der Waals surface area contributed by atoms with Crippen molar-refractivity contribution in [3.8, 4) is 11.4 Å². The van der Waals surface area contributed by atoms with E-state index < -0.39 is 0 Å². The lowest BCUT2D eigenvalue weighted by atomic mass is 10.1. The van der Waals surface area contributed by atoms with Crippen LogP contribution in [0.5, 0.6) is 0 Å². The van der Waals surface area contributed by atoms with Gasteiger partial charge in [-0.25, -0.2) is 4.90 Å². The zero-order valence-corrected chi connectivity index (χ0v) is 23.1. The molecule has 0 radical (unpaired) electrons. The first-order chi connectivity index (χ1) is 18.4. The molecule has 38 heavy (non-hydrogen) atoms. The van der Waals surface area contributed by atoms with Gasteiger partial charge in [-0.15, -0.1) is 10.2 Å². The van der Waals surface area contributed by atoms with Gasteiger partial charge in [0, 0.05) is 22.3 Å². The van der Waals surface area contributed by atoms with Crippen LogP contribution in [0, 0.1) is 0 Å². The number of carbonyl (C=O) groups is 3. The maximum Gasteiger partial charge on any atom is 0.266 e. The molecular weight excluding hydrogens is 566 g/mol. The zero-order chi connectivity index (χ0) is 26.8. The number of benzene rings is 3. The predicted molar refractivity (Wildman–Crippen MR) is 151 cm³/mol. The second-order valence-electron chi connectivity index (χ2n) is 8.60. The van der Waals surface area contributed by atoms with Gasteiger partial charge in [-0.2, -0.15) is 0 Å². The quantitative estimate of drug-likeness (QED) is 0.199. The van der Waals surface area contributed by atoms with Crippen molar-refractivity contribution in [1.82, 2.24) is 14.8 Å². The van der Waals surface area contributed by atoms with Gasteiger partial charge in [0.1, 0.15) is 0 Å². The molecule has 0 spiro atoms. The van der Waals surface area contributed by atoms with Crippen molar-refractivity contribution in [2.75, 3.05) is 10.2 Å². The minimum absolute atomic E-state index is 0.0997. The van der Waals surface area contributed by atoms with Gasteiger partial charge in [-0.1, -0.05) is 46.7 Å². The number of rotatable bonds is 8. The SMILES string of the molecule is CCC(Sc1nnc(-c2ccc(N3C(=O)c4ccccc4C3=O)cc2)n1CC)C(=O)Nc1ccc(Br)cc1. The van der Waals surface area contributed by atoms with Crippen LogP contribution in [-0.4, -0.2) is 37.7 Å². The standard InChI is InChI=1S/C28H24BrN5O3S/c1-3-23(25(35)30-19-13-11-18(29)12-14-19)38-28-32-31-24(33(28)4-2)17-9-15-20(16-10-17)34-26(36)21-7-5-6-8-22(21)27(34)37/h5-16,23H,3-4H2,1-2H3,(H,30,35). The van der Waals surface area contributed by atoms with E-state index in [2.05, 4.69) is 31.4 Å². The van der Waals surface area contributed by atoms with Gasteiger partial charge in [-0.3, -0.25) is 14.4 Å². The maximum atomic E-state index is 12.9. The molecule has 2 heterocycles. The van der Waals surface area contributed by atoms with Crippen LogP contribution in [0.1, 0.15) is 41.0 Å². The van der Waals surface area contributed by atoms with Crippen molar-refractivity contribution in [2.45, 2.75) is 37.2 Å². The number of nitrogens with zero attached hydrogens (tertiary/aromatic N) is 4. The Morgan fingerprint density at radius 2 is 1.55 bits per heavy atom. The van der Waals surface area contributed by atoms with E-state index in [4.69, 9.17) is 0 Å². The first kappa shape index (κ1) is 25.9. The van der Waals surface area contributed by atoms with Crippen LogP contribution >= 0.6 is 27.7 Å². The summed E-state index contributed by atoms with van der Waals surface area (Å²) in [4.78, 5) is 39.8. The number of anilines is 2. The van der Waals surface area contributed by atoms with Gasteiger partial charge in [0.25, 0.3) is 11.8 Å². The summed E-state index contributed by atoms with van der Waals surface area (Å²) in [5, 5.41) is 12.0. The molecule has 0 bridgehead atoms. The molecule has 1 aromatic heterocycles. The molecular formula is C28H24BrN5O3S. The van der Waals surface area contributed by atoms with E-state index in [1.165, 1.54) is 16.7 Å². The average molecular weight is 591 g/mol. The number of nitrogens with one attached hydrogen (secondary N) is 1. The minimum atomic E-state index is -0.350. The fourth-order valence-corrected chi connectivity index (χ4v) is 5.55. The molecule has 0 saturated heterocycles. The van der Waals surface area contributed by atoms with Crippen molar-refractivity contribution in [1.29, 1.82) is 0 Å². The predicted octanol–water partition coefficient (Wildman–Crippen LogP) is 6.04. The summed E-state index contributed by atoms with van der Waals surface area (Å²) in [6.07, 6.45) is 0.619. The van der Waals surface area contributed by atoms with E-state index in [1.807, 2.05) is 54.8 Å². The normalized spacial score (nSPS) is 13.5. The van der Waals surface area contributed by atoms with Crippen LogP contribution in [0.2, 0.25) is 0 Å². The van der Waals surface area contributed by atoms with Crippen molar-refractivity contribution >= 4 is 56.8 Å². The highest BCUT2D eigenvalue weighted by molar-refractivity contribution is 9.10. The molecule has 8 nitrogen and oxygen atoms in total. The lowest BCUT2D eigenvalue weighted by molar-refractivity contribution is -0.115. The number of hydrogen-bond donors (Lipinski definition) is 1. The van der Waals surface area contributed by atoms with Gasteiger partial charge in [0.2, 0.25) is 5.91 Å². The van der Waals surface area contributed by atoms with Gasteiger partial charge >= 0.3 is 0 Å². The zero-order valence-electron chi connectivity index (χ0n) is 20.7. The Balaban J connectivity index is 1.34. The minimum Gasteiger partial charge on any atom is -0.325 e. The lowest BCUT2D eigenvalue weighted by Gasteiger charge is -2.16. The van der Waals surface area contributed by atoms with Gasteiger partial charge in [0.05, 0.1) is 22.1 Å². The molecule has 192 valence electrons. The Kier molecular flexibility index (Phi) is 7.44. The van der Waals surface area contributed by atoms with Crippen LogP contribution in [0.15, 0.2) is 82.4 Å². The number of halogens is 1. The smallest absolute Gasteiger partial charge is 0.266 e. The maximum absolute atomic E-state index is 12.9. The summed E-state index contributed by atoms with van der Waals surface area (Å²) >= 11 is 4.77. The van der Waals surface area contributed by atoms with Crippen molar-refractivity contribution in [3.63, 3.8) is 0 Å². The molecule has 3 amide bonds. The molecule has 0 aliphatic carbocycles. The summed E-state index contributed by atoms with van der Waals surface area (Å²) in [5.41, 5.74) is 2.83. The average Bonchev–Trinajstić information content (AvgIpc) is 3.46. The van der Waals surface area contributed by atoms with E-state index in [-0.39, 0.29) is 23.0 Å². The van der Waals surface area contributed by atoms with Crippen molar-refractivity contribution in [2.24, 2.45) is 0 Å². The molecule has 1 aliphatic rings. The molecule has 1 atom stereocenters. The highest BCUT2D eigenvalue weighted by Crippen LogP contribution is 2.32. The highest BCUT2D eigenvalue weighted by atomic mass is 79.9. The third-order valence-electron chi connectivity index (χ3n) is 6.23. The number of hydrogen-bond acceptors (Lipinski definition) is 6. The Labute approximate surface area is 232 Å². The van der Waals surface area contributed by atoms with E-state index in [1.54, 1.807) is 36.4 Å². The molecule has 3 aromatic carbocycles. The van der Waals surface area contributed by atoms with Crippen LogP contribution < -0.4 is 10.2 Å². The first-order valence-corrected chi connectivity index (χ1v) is 13.8. The Bertz CT molecular complexity index is 1480. The topological polar surface area (TPSA) is 97.2 Å². The van der Waals surface area contributed by atoms with Gasteiger partial charge in [-0.05, 0) is 74.0 Å². The second-order valence-corrected chi connectivity index (χ2v) is 10.7. The van der Waals surface area contributed by atoms with Crippen LogP contribution in [0.25, 0.3) is 11.4 Å². The fraction of sp³-hybridized carbons (Fsp3) is 0.179. The molecule has 1 unspecified atom stereocenters. The van der Waals surface area contributed by atoms with Crippen LogP contribution in [0.4, 0.5) is 11.4 Å². The Morgan fingerprint density at radius 1 is 0.921 bits per heavy atom. The number of amides is 3. The Hall–Kier alpha value is -3.76. The van der Waals surface area contributed by atoms with Crippen LogP contribution in [0.3, 0.4) is 0 Å². The first-order valence-electron chi connectivity index (χ1n) is 12.2. The number of aromatic nitrogens is 3. The second kappa shape index (κ2) is 10.9. The van der Waals surface area contributed by atoms with E-state index in [0.717, 1.165) is 15.7 Å². The lowest BCUT2D eigenvalue weighted by Crippen LogP contribution is -2.29. The van der Waals surface area contributed by atoms with Crippen molar-refractivity contribution in [3.05, 3.63) is 88.4 Å². The number of thioether (sulfide) groups is 1. The van der Waals surface area contributed by atoms with E-state index in [0.29, 0.717) is 40.8 Å². The van der Waals surface area contributed by atoms with Crippen LogP contribution in [-0.2, 0) is 11.3 Å². The molecule has 1 aliphatic heterocycles. The summed E-state index contributed by atoms with van der Waals surface area (Å²) in [5.74, 6) is -0.119. The third-order valence-corrected chi connectivity index (χ3v) is 8.11. The third kappa shape index (κ3) is 4.89. The molecule has 0 fully saturated rings. The fourth-order valence-electron chi connectivity index (χ4n) is 4.26. The monoisotopic (exact) mass is 589 g/mol.